The summed E-state index contributed by atoms with van der Waals surface area (Å²) in [6.45, 7) is 0. The fourth-order valence-corrected chi connectivity index (χ4v) is 2.57. The molecule has 0 radical (unpaired) electrons. The van der Waals surface area contributed by atoms with Crippen LogP contribution in [0.3, 0.4) is 0 Å². The van der Waals surface area contributed by atoms with Gasteiger partial charge in [0.2, 0.25) is 4.77 Å². The molecule has 0 aliphatic rings. The first-order valence-electron chi connectivity index (χ1n) is 5.62. The summed E-state index contributed by atoms with van der Waals surface area (Å²) >= 11 is 6.80. The van der Waals surface area contributed by atoms with Gasteiger partial charge in [-0.25, -0.2) is 5.10 Å². The second-order valence-corrected chi connectivity index (χ2v) is 5.26. The Morgan fingerprint density at radius 3 is 3.00 bits per heavy atom. The van der Waals surface area contributed by atoms with Gasteiger partial charge >= 0.3 is 0 Å². The van der Waals surface area contributed by atoms with E-state index in [0.717, 1.165) is 16.4 Å². The lowest BCUT2D eigenvalue weighted by molar-refractivity contribution is 0.863. The highest BCUT2D eigenvalue weighted by Gasteiger charge is 2.08. The van der Waals surface area contributed by atoms with Crippen molar-refractivity contribution < 1.29 is 0 Å². The molecule has 0 spiro atoms. The molecule has 5 nitrogen and oxygen atoms in total. The molecule has 0 aliphatic carbocycles. The number of H-pyrrole nitrogens is 1. The van der Waals surface area contributed by atoms with Gasteiger partial charge in [0.25, 0.3) is 0 Å². The van der Waals surface area contributed by atoms with Crippen LogP contribution >= 0.6 is 23.6 Å². The molecule has 3 rings (SSSR count). The van der Waals surface area contributed by atoms with Crippen LogP contribution in [0.2, 0.25) is 0 Å². The Kier molecular flexibility index (Phi) is 3.14. The normalized spacial score (nSPS) is 11.4. The number of nitrogens with zero attached hydrogens (tertiary/aromatic N) is 4. The fourth-order valence-electron chi connectivity index (χ4n) is 1.69. The van der Waals surface area contributed by atoms with Crippen molar-refractivity contribution in [1.82, 2.24) is 19.4 Å². The van der Waals surface area contributed by atoms with E-state index in [9.17, 15) is 0 Å². The van der Waals surface area contributed by atoms with Gasteiger partial charge in [-0.3, -0.25) is 0 Å². The van der Waals surface area contributed by atoms with E-state index in [1.165, 1.54) is 0 Å². The summed E-state index contributed by atoms with van der Waals surface area (Å²) < 4.78 is 4.10. The molecule has 0 bridgehead atoms. The third-order valence-corrected chi connectivity index (χ3v) is 3.81. The summed E-state index contributed by atoms with van der Waals surface area (Å²) in [5.41, 5.74) is 1.00. The molecule has 0 aromatic carbocycles. The quantitative estimate of drug-likeness (QED) is 0.595. The lowest BCUT2D eigenvalue weighted by Crippen LogP contribution is -1.97. The predicted molar refractivity (Wildman–Crippen MR) is 79.1 cm³/mol. The van der Waals surface area contributed by atoms with Crippen molar-refractivity contribution in [1.29, 1.82) is 0 Å². The Morgan fingerprint density at radius 1 is 1.42 bits per heavy atom. The van der Waals surface area contributed by atoms with Crippen molar-refractivity contribution >= 4 is 29.8 Å². The number of nitrogens with one attached hydrogen (secondary N) is 1. The second kappa shape index (κ2) is 4.94. The number of hydrogen-bond acceptors (Lipinski definition) is 4. The number of aryl methyl sites for hydroxylation is 1. The minimum Gasteiger partial charge on any atom is -0.350 e. The average molecular weight is 289 g/mol. The van der Waals surface area contributed by atoms with E-state index < -0.39 is 0 Å². The third-order valence-electron chi connectivity index (χ3n) is 2.68. The van der Waals surface area contributed by atoms with Crippen LogP contribution in [0.5, 0.6) is 0 Å². The van der Waals surface area contributed by atoms with Crippen LogP contribution < -0.4 is 0 Å². The SMILES string of the molecule is Cn1cccc1C=Nn1c(-c2cccs2)n[nH]c1=S. The second-order valence-electron chi connectivity index (χ2n) is 3.93. The monoisotopic (exact) mass is 289 g/mol. The van der Waals surface area contributed by atoms with Crippen molar-refractivity contribution in [2.45, 2.75) is 0 Å². The first-order chi connectivity index (χ1) is 9.25. The molecule has 3 aromatic rings. The van der Waals surface area contributed by atoms with Gasteiger partial charge in [-0.15, -0.1) is 11.3 Å². The van der Waals surface area contributed by atoms with Gasteiger partial charge in [-0.2, -0.15) is 14.9 Å². The highest BCUT2D eigenvalue weighted by atomic mass is 32.1. The topological polar surface area (TPSA) is 50.9 Å². The average Bonchev–Trinajstić information content (AvgIpc) is 3.09. The highest BCUT2D eigenvalue weighted by molar-refractivity contribution is 7.71. The lowest BCUT2D eigenvalue weighted by Gasteiger charge is -1.98. The zero-order valence-corrected chi connectivity index (χ0v) is 11.8. The molecule has 7 heteroatoms. The molecular weight excluding hydrogens is 278 g/mol. The molecule has 0 amide bonds. The molecule has 0 saturated heterocycles. The smallest absolute Gasteiger partial charge is 0.216 e. The number of aromatic amines is 1. The molecule has 19 heavy (non-hydrogen) atoms. The van der Waals surface area contributed by atoms with Gasteiger partial charge in [0, 0.05) is 13.2 Å². The molecule has 0 atom stereocenters. The van der Waals surface area contributed by atoms with E-state index in [-0.39, 0.29) is 0 Å². The van der Waals surface area contributed by atoms with Crippen molar-refractivity contribution in [2.75, 3.05) is 0 Å². The molecule has 3 heterocycles. The minimum atomic E-state index is 0.480. The maximum atomic E-state index is 5.20. The largest absolute Gasteiger partial charge is 0.350 e. The molecular formula is C12H11N5S2. The predicted octanol–water partition coefficient (Wildman–Crippen LogP) is 2.89. The highest BCUT2D eigenvalue weighted by Crippen LogP contribution is 2.22. The zero-order valence-electron chi connectivity index (χ0n) is 10.1. The van der Waals surface area contributed by atoms with Gasteiger partial charge < -0.3 is 4.57 Å². The number of thiophene rings is 1. The molecule has 96 valence electrons. The Balaban J connectivity index is 2.02. The van der Waals surface area contributed by atoms with Crippen molar-refractivity contribution in [3.05, 3.63) is 46.3 Å². The van der Waals surface area contributed by atoms with Crippen molar-refractivity contribution in [2.24, 2.45) is 12.1 Å². The van der Waals surface area contributed by atoms with E-state index >= 15 is 0 Å². The van der Waals surface area contributed by atoms with E-state index in [0.29, 0.717) is 4.77 Å². The summed E-state index contributed by atoms with van der Waals surface area (Å²) in [7, 11) is 1.97. The Hall–Kier alpha value is -1.99. The van der Waals surface area contributed by atoms with Crippen LogP contribution in [0.1, 0.15) is 5.69 Å². The summed E-state index contributed by atoms with van der Waals surface area (Å²) in [6, 6.07) is 7.92. The maximum Gasteiger partial charge on any atom is 0.216 e. The van der Waals surface area contributed by atoms with Crippen LogP contribution in [0.4, 0.5) is 0 Å². The van der Waals surface area contributed by atoms with Crippen LogP contribution in [0.15, 0.2) is 40.9 Å². The number of rotatable bonds is 3. The summed E-state index contributed by atoms with van der Waals surface area (Å²) in [6.07, 6.45) is 3.73. The fraction of sp³-hybridized carbons (Fsp3) is 0.0833. The van der Waals surface area contributed by atoms with E-state index in [4.69, 9.17) is 12.2 Å². The first kappa shape index (κ1) is 12.1. The van der Waals surface area contributed by atoms with Crippen LogP contribution in [-0.4, -0.2) is 25.7 Å². The summed E-state index contributed by atoms with van der Waals surface area (Å²) in [5, 5.41) is 13.4. The molecule has 0 fully saturated rings. The minimum absolute atomic E-state index is 0.480. The van der Waals surface area contributed by atoms with E-state index in [1.54, 1.807) is 22.2 Å². The van der Waals surface area contributed by atoms with Crippen LogP contribution in [0, 0.1) is 4.77 Å². The van der Waals surface area contributed by atoms with Crippen LogP contribution in [0.25, 0.3) is 10.7 Å². The Bertz CT molecular complexity index is 760. The molecule has 0 saturated carbocycles. The third kappa shape index (κ3) is 2.29. The first-order valence-corrected chi connectivity index (χ1v) is 6.91. The van der Waals surface area contributed by atoms with Crippen LogP contribution in [-0.2, 0) is 7.05 Å². The van der Waals surface area contributed by atoms with Gasteiger partial charge in [-0.05, 0) is 35.8 Å². The number of aromatic nitrogens is 4. The van der Waals surface area contributed by atoms with Gasteiger partial charge in [0.1, 0.15) is 0 Å². The lowest BCUT2D eigenvalue weighted by atomic mass is 10.4. The Morgan fingerprint density at radius 2 is 2.32 bits per heavy atom. The zero-order chi connectivity index (χ0) is 13.2. The summed E-state index contributed by atoms with van der Waals surface area (Å²) in [4.78, 5) is 1.02. The van der Waals surface area contributed by atoms with Crippen molar-refractivity contribution in [3.8, 4) is 10.7 Å². The Labute approximate surface area is 118 Å². The van der Waals surface area contributed by atoms with Crippen molar-refractivity contribution in [3.63, 3.8) is 0 Å². The summed E-state index contributed by atoms with van der Waals surface area (Å²) in [5.74, 6) is 0.727. The maximum absolute atomic E-state index is 5.20. The molecule has 3 aromatic heterocycles. The van der Waals surface area contributed by atoms with Gasteiger partial charge in [0.15, 0.2) is 5.82 Å². The van der Waals surface area contributed by atoms with Gasteiger partial charge in [-0.1, -0.05) is 6.07 Å². The van der Waals surface area contributed by atoms with E-state index in [2.05, 4.69) is 15.3 Å². The standard InChI is InChI=1S/C12H11N5S2/c1-16-6-2-4-9(16)8-13-17-11(14-15-12(17)18)10-5-3-7-19-10/h2-8H,1H3,(H,15,18). The van der Waals surface area contributed by atoms with E-state index in [1.807, 2.05) is 47.5 Å². The molecule has 0 unspecified atom stereocenters. The van der Waals surface area contributed by atoms with Gasteiger partial charge in [0.05, 0.1) is 16.8 Å². The number of hydrogen-bond donors (Lipinski definition) is 1. The molecule has 1 N–H and O–H groups in total. The molecule has 0 aliphatic heterocycles.